The molecule has 0 saturated carbocycles. The van der Waals surface area contributed by atoms with Gasteiger partial charge >= 0.3 is 0 Å². The number of phenolic OH excluding ortho intramolecular Hbond substituents is 1. The van der Waals surface area contributed by atoms with Crippen molar-refractivity contribution in [1.29, 1.82) is 0 Å². The number of anilines is 1. The summed E-state index contributed by atoms with van der Waals surface area (Å²) in [5.74, 6) is 4.42. The van der Waals surface area contributed by atoms with E-state index in [0.717, 1.165) is 17.3 Å². The number of hydrogen-bond donors (Lipinski definition) is 5. The molecular formula is C38H35ClF2N6O3S. The maximum Gasteiger partial charge on any atom is 0.225 e. The number of fused-ring (bicyclic) bond motifs is 2. The molecule has 13 heteroatoms. The Kier molecular flexibility index (Phi) is 9.99. The molecule has 1 atom stereocenters. The van der Waals surface area contributed by atoms with Gasteiger partial charge in [0.05, 0.1) is 34.1 Å². The Morgan fingerprint density at radius 1 is 1.10 bits per heavy atom. The number of aromatic amines is 1. The van der Waals surface area contributed by atoms with E-state index in [1.807, 2.05) is 25.3 Å². The second-order valence-electron chi connectivity index (χ2n) is 12.8. The minimum atomic E-state index is -1.31. The third-order valence-electron chi connectivity index (χ3n) is 8.32. The first-order chi connectivity index (χ1) is 24.2. The molecule has 0 radical (unpaired) electrons. The van der Waals surface area contributed by atoms with Crippen molar-refractivity contribution in [2.45, 2.75) is 45.3 Å². The number of nitrogens with zero attached hydrogens (tertiary/aromatic N) is 3. The first-order valence-electron chi connectivity index (χ1n) is 16.0. The van der Waals surface area contributed by atoms with Crippen molar-refractivity contribution in [3.63, 3.8) is 0 Å². The van der Waals surface area contributed by atoms with Crippen molar-refractivity contribution in [2.24, 2.45) is 7.05 Å². The van der Waals surface area contributed by atoms with E-state index in [2.05, 4.69) is 32.0 Å². The maximum atomic E-state index is 14.5. The number of aromatic nitrogens is 4. The molecule has 0 saturated heterocycles. The van der Waals surface area contributed by atoms with Crippen LogP contribution >= 0.6 is 23.5 Å². The highest BCUT2D eigenvalue weighted by atomic mass is 35.5. The molecule has 3 heterocycles. The van der Waals surface area contributed by atoms with Gasteiger partial charge in [-0.2, -0.15) is 5.10 Å². The number of aromatic hydroxyl groups is 1. The molecule has 1 amide bonds. The molecule has 0 aliphatic carbocycles. The minimum Gasteiger partial charge on any atom is -0.508 e. The summed E-state index contributed by atoms with van der Waals surface area (Å²) in [5, 5.41) is 30.1. The van der Waals surface area contributed by atoms with Gasteiger partial charge in [-0.3, -0.25) is 9.48 Å². The number of pyridine rings is 1. The van der Waals surface area contributed by atoms with E-state index in [1.54, 1.807) is 55.9 Å². The van der Waals surface area contributed by atoms with E-state index in [0.29, 0.717) is 60.8 Å². The fourth-order valence-electron chi connectivity index (χ4n) is 6.20. The molecule has 0 fully saturated rings. The Morgan fingerprint density at radius 2 is 1.82 bits per heavy atom. The number of phenols is 1. The predicted molar refractivity (Wildman–Crippen MR) is 199 cm³/mol. The van der Waals surface area contributed by atoms with Gasteiger partial charge in [-0.15, -0.1) is 0 Å². The first kappa shape index (κ1) is 35.7. The molecule has 6 rings (SSSR count). The molecule has 0 aliphatic heterocycles. The van der Waals surface area contributed by atoms with Crippen molar-refractivity contribution in [2.75, 3.05) is 11.0 Å². The molecule has 6 aromatic rings. The number of carbonyl (C=O) groups is 1. The van der Waals surface area contributed by atoms with Crippen LogP contribution in [0.1, 0.15) is 48.1 Å². The summed E-state index contributed by atoms with van der Waals surface area (Å²) >= 11 is 8.08. The van der Waals surface area contributed by atoms with E-state index in [-0.39, 0.29) is 18.6 Å². The largest absolute Gasteiger partial charge is 0.508 e. The molecule has 51 heavy (non-hydrogen) atoms. The molecule has 0 spiro atoms. The van der Waals surface area contributed by atoms with Crippen LogP contribution in [0.2, 0.25) is 5.02 Å². The number of hydrogen-bond acceptors (Lipinski definition) is 7. The zero-order valence-electron chi connectivity index (χ0n) is 28.5. The van der Waals surface area contributed by atoms with E-state index in [1.165, 1.54) is 24.1 Å². The third-order valence-corrected chi connectivity index (χ3v) is 9.03. The van der Waals surface area contributed by atoms with Crippen molar-refractivity contribution in [3.8, 4) is 28.7 Å². The van der Waals surface area contributed by atoms with Gasteiger partial charge in [0.25, 0.3) is 0 Å². The van der Waals surface area contributed by atoms with Crippen molar-refractivity contribution in [3.05, 3.63) is 106 Å². The van der Waals surface area contributed by atoms with Gasteiger partial charge in [-0.05, 0) is 92.8 Å². The van der Waals surface area contributed by atoms with E-state index in [9.17, 15) is 23.8 Å². The molecule has 5 N–H and O–H groups in total. The molecule has 262 valence electrons. The summed E-state index contributed by atoms with van der Waals surface area (Å²) in [7, 11) is 1.79. The monoisotopic (exact) mass is 728 g/mol. The van der Waals surface area contributed by atoms with Crippen molar-refractivity contribution in [1.82, 2.24) is 25.1 Å². The van der Waals surface area contributed by atoms with Gasteiger partial charge < -0.3 is 25.2 Å². The number of aryl methyl sites for hydroxylation is 2. The van der Waals surface area contributed by atoms with E-state index >= 15 is 0 Å². The van der Waals surface area contributed by atoms with Gasteiger partial charge in [0.1, 0.15) is 28.7 Å². The Hall–Kier alpha value is -5.09. The van der Waals surface area contributed by atoms with E-state index < -0.39 is 29.2 Å². The lowest BCUT2D eigenvalue weighted by Gasteiger charge is -2.23. The van der Waals surface area contributed by atoms with Crippen LogP contribution in [0.5, 0.6) is 5.75 Å². The summed E-state index contributed by atoms with van der Waals surface area (Å²) in [4.78, 5) is 22.2. The molecule has 9 nitrogen and oxygen atoms in total. The van der Waals surface area contributed by atoms with Gasteiger partial charge in [-0.25, -0.2) is 13.8 Å². The average molecular weight is 729 g/mol. The first-order valence-corrected chi connectivity index (χ1v) is 17.6. The second-order valence-corrected chi connectivity index (χ2v) is 13.8. The lowest BCUT2D eigenvalue weighted by molar-refractivity contribution is -0.121. The smallest absolute Gasteiger partial charge is 0.225 e. The lowest BCUT2D eigenvalue weighted by Crippen LogP contribution is -2.32. The Morgan fingerprint density at radius 3 is 2.53 bits per heavy atom. The fourth-order valence-corrected chi connectivity index (χ4v) is 6.78. The quantitative estimate of drug-likeness (QED) is 0.0770. The lowest BCUT2D eigenvalue weighted by atomic mass is 9.93. The predicted octanol–water partition coefficient (Wildman–Crippen LogP) is 7.52. The molecular weight excluding hydrogens is 694 g/mol. The zero-order valence-corrected chi connectivity index (χ0v) is 30.0. The Bertz CT molecular complexity index is 2350. The van der Waals surface area contributed by atoms with Gasteiger partial charge in [-0.1, -0.05) is 35.5 Å². The molecule has 3 aromatic carbocycles. The van der Waals surface area contributed by atoms with Gasteiger partial charge in [0.2, 0.25) is 5.91 Å². The normalized spacial score (nSPS) is 12.2. The van der Waals surface area contributed by atoms with Crippen molar-refractivity contribution < 1.29 is 23.8 Å². The average Bonchev–Trinajstić information content (AvgIpc) is 3.54. The SMILES string of the molecule is CSNc1nn(C)c2c(-c3ccc(C#CC(C)(C)O)nc3C(Cc3cc(F)cc(F)c3)NC(=O)Cc3c(C)[nH]c4ccc(O)cc34)ccc(Cl)c12. The van der Waals surface area contributed by atoms with Crippen LogP contribution in [-0.2, 0) is 24.7 Å². The molecule has 0 bridgehead atoms. The van der Waals surface area contributed by atoms with Crippen LogP contribution in [0.15, 0.2) is 60.7 Å². The van der Waals surface area contributed by atoms with Crippen LogP contribution in [0, 0.1) is 30.4 Å². The highest BCUT2D eigenvalue weighted by molar-refractivity contribution is 7.99. The number of benzene rings is 3. The third kappa shape index (κ3) is 7.81. The summed E-state index contributed by atoms with van der Waals surface area (Å²) in [6.45, 7) is 4.95. The zero-order chi connectivity index (χ0) is 36.6. The number of nitrogens with one attached hydrogen (secondary N) is 3. The summed E-state index contributed by atoms with van der Waals surface area (Å²) in [5.41, 5.74) is 3.85. The number of amides is 1. The minimum absolute atomic E-state index is 0.0299. The maximum absolute atomic E-state index is 14.5. The highest BCUT2D eigenvalue weighted by Gasteiger charge is 2.26. The summed E-state index contributed by atoms with van der Waals surface area (Å²) < 4.78 is 33.9. The van der Waals surface area contributed by atoms with E-state index in [4.69, 9.17) is 16.6 Å². The second kappa shape index (κ2) is 14.3. The Labute approximate surface area is 302 Å². The number of halogens is 3. The highest BCUT2D eigenvalue weighted by Crippen LogP contribution is 2.40. The van der Waals surface area contributed by atoms with Gasteiger partial charge in [0.15, 0.2) is 5.82 Å². The Balaban J connectivity index is 1.53. The van der Waals surface area contributed by atoms with Gasteiger partial charge in [0, 0.05) is 47.1 Å². The summed E-state index contributed by atoms with van der Waals surface area (Å²) in [6.07, 6.45) is 1.78. The van der Waals surface area contributed by atoms with Crippen LogP contribution in [0.3, 0.4) is 0 Å². The van der Waals surface area contributed by atoms with Crippen molar-refractivity contribution >= 4 is 57.1 Å². The topological polar surface area (TPSA) is 128 Å². The van der Waals surface area contributed by atoms with Crippen LogP contribution < -0.4 is 10.0 Å². The van der Waals surface area contributed by atoms with Crippen LogP contribution in [0.4, 0.5) is 14.6 Å². The fraction of sp³-hybridized carbons (Fsp3) is 0.237. The summed E-state index contributed by atoms with van der Waals surface area (Å²) in [6, 6.07) is 14.3. The number of aliphatic hydroxyl groups is 1. The molecule has 3 aromatic heterocycles. The molecule has 0 aliphatic rings. The standard InChI is InChI=1S/C38H35ClF2N6O3S/c1-20-28(29-18-25(48)7-11-31(29)42-20)19-33(49)44-32(16-21-14-22(40)17-23(41)15-21)35-26(8-6-24(43-35)12-13-38(2,3)50)27-9-10-30(39)34-36(27)47(4)45-37(34)46-51-5/h6-11,14-15,17-18,32,42,48,50H,16,19H2,1-5H3,(H,44,49)(H,45,46). The molecule has 1 unspecified atom stereocenters. The van der Waals surface area contributed by atoms with Crippen LogP contribution in [0.25, 0.3) is 32.9 Å². The number of H-pyrrole nitrogens is 1. The van der Waals surface area contributed by atoms with Crippen LogP contribution in [-0.4, -0.2) is 47.7 Å². The number of carbonyl (C=O) groups excluding carboxylic acids is 1. The number of rotatable bonds is 9.